The molecule has 0 bridgehead atoms. The quantitative estimate of drug-likeness (QED) is 0.361. The summed E-state index contributed by atoms with van der Waals surface area (Å²) in [6, 6.07) is 8.14. The molecular formula is C22H20ClF4N5O3. The standard InChI is InChI=1S/C22H20ClF4N5O3/c1-21(35,11-30-20(34)17-15(22(25,26)27)3-2-4-16(17)23)10-29-19(33)14-9-31-32(18(14)28)13-7-5-12(24)6-8-13/h2-9,35H,10-11,28H2,1H3,(H,29,33)(H,30,34). The van der Waals surface area contributed by atoms with Crippen molar-refractivity contribution >= 4 is 29.2 Å². The van der Waals surface area contributed by atoms with Gasteiger partial charge in [-0.05, 0) is 43.3 Å². The van der Waals surface area contributed by atoms with Gasteiger partial charge >= 0.3 is 6.18 Å². The Kier molecular flexibility index (Phi) is 7.36. The minimum atomic E-state index is -4.81. The van der Waals surface area contributed by atoms with E-state index in [-0.39, 0.29) is 17.9 Å². The predicted octanol–water partition coefficient (Wildman–Crippen LogP) is 3.18. The number of nitrogens with two attached hydrogens (primary N) is 1. The fourth-order valence-electron chi connectivity index (χ4n) is 3.10. The topological polar surface area (TPSA) is 122 Å². The highest BCUT2D eigenvalue weighted by molar-refractivity contribution is 6.34. The third-order valence-electron chi connectivity index (χ3n) is 4.93. The molecule has 8 nitrogen and oxygen atoms in total. The molecule has 35 heavy (non-hydrogen) atoms. The first-order valence-electron chi connectivity index (χ1n) is 10.0. The Morgan fingerprint density at radius 1 is 1.09 bits per heavy atom. The van der Waals surface area contributed by atoms with Gasteiger partial charge in [0.05, 0.1) is 33.6 Å². The highest BCUT2D eigenvalue weighted by Crippen LogP contribution is 2.34. The van der Waals surface area contributed by atoms with Crippen LogP contribution in [0.3, 0.4) is 0 Å². The number of alkyl halides is 3. The number of amides is 2. The summed E-state index contributed by atoms with van der Waals surface area (Å²) in [6.07, 6.45) is -3.63. The van der Waals surface area contributed by atoms with E-state index in [1.807, 2.05) is 0 Å². The number of anilines is 1. The van der Waals surface area contributed by atoms with E-state index in [1.54, 1.807) is 0 Å². The first-order chi connectivity index (χ1) is 16.3. The number of halogens is 5. The highest BCUT2D eigenvalue weighted by Gasteiger charge is 2.36. The molecule has 0 spiro atoms. The summed E-state index contributed by atoms with van der Waals surface area (Å²) in [4.78, 5) is 24.9. The Bertz CT molecular complexity index is 1240. The number of benzene rings is 2. The lowest BCUT2D eigenvalue weighted by Crippen LogP contribution is -2.49. The van der Waals surface area contributed by atoms with Gasteiger partial charge in [0, 0.05) is 13.1 Å². The van der Waals surface area contributed by atoms with Crippen molar-refractivity contribution in [3.05, 3.63) is 76.2 Å². The third-order valence-corrected chi connectivity index (χ3v) is 5.24. The molecule has 1 atom stereocenters. The molecule has 0 aliphatic carbocycles. The van der Waals surface area contributed by atoms with Crippen molar-refractivity contribution in [1.82, 2.24) is 20.4 Å². The number of nitrogens with zero attached hydrogens (tertiary/aromatic N) is 2. The molecule has 186 valence electrons. The number of aliphatic hydroxyl groups is 1. The van der Waals surface area contributed by atoms with Gasteiger partial charge in [0.25, 0.3) is 11.8 Å². The number of nitrogens with one attached hydrogen (secondary N) is 2. The molecule has 3 rings (SSSR count). The molecule has 0 radical (unpaired) electrons. The molecular weight excluding hydrogens is 494 g/mol. The molecule has 1 heterocycles. The zero-order chi connectivity index (χ0) is 26.0. The van der Waals surface area contributed by atoms with Crippen LogP contribution in [0.5, 0.6) is 0 Å². The van der Waals surface area contributed by atoms with E-state index < -0.39 is 52.1 Å². The largest absolute Gasteiger partial charge is 0.417 e. The van der Waals surface area contributed by atoms with Crippen LogP contribution in [0.15, 0.2) is 48.7 Å². The Morgan fingerprint density at radius 2 is 1.69 bits per heavy atom. The molecule has 2 aromatic carbocycles. The Labute approximate surface area is 201 Å². The van der Waals surface area contributed by atoms with Crippen LogP contribution in [-0.2, 0) is 6.18 Å². The third kappa shape index (κ3) is 6.08. The van der Waals surface area contributed by atoms with E-state index in [1.165, 1.54) is 42.1 Å². The maximum absolute atomic E-state index is 13.2. The van der Waals surface area contributed by atoms with Gasteiger partial charge in [-0.3, -0.25) is 9.59 Å². The van der Waals surface area contributed by atoms with Gasteiger partial charge in [0.2, 0.25) is 0 Å². The minimum absolute atomic E-state index is 0.0277. The molecule has 0 aliphatic rings. The second-order valence-electron chi connectivity index (χ2n) is 7.85. The maximum Gasteiger partial charge on any atom is 0.417 e. The molecule has 2 amide bonds. The first kappa shape index (κ1) is 26.0. The van der Waals surface area contributed by atoms with Crippen LogP contribution >= 0.6 is 11.6 Å². The lowest BCUT2D eigenvalue weighted by molar-refractivity contribution is -0.137. The van der Waals surface area contributed by atoms with Crippen LogP contribution in [-0.4, -0.2) is 45.4 Å². The van der Waals surface area contributed by atoms with Gasteiger partial charge in [0.1, 0.15) is 17.2 Å². The van der Waals surface area contributed by atoms with Gasteiger partial charge < -0.3 is 21.5 Å². The van der Waals surface area contributed by atoms with Gasteiger partial charge in [-0.25, -0.2) is 9.07 Å². The summed E-state index contributed by atoms with van der Waals surface area (Å²) in [5.41, 5.74) is 2.61. The van der Waals surface area contributed by atoms with Crippen LogP contribution in [0.1, 0.15) is 33.2 Å². The summed E-state index contributed by atoms with van der Waals surface area (Å²) in [7, 11) is 0. The maximum atomic E-state index is 13.2. The molecule has 0 aliphatic heterocycles. The average Bonchev–Trinajstić information content (AvgIpc) is 3.17. The van der Waals surface area contributed by atoms with Gasteiger partial charge in [-0.1, -0.05) is 17.7 Å². The number of carbonyl (C=O) groups is 2. The van der Waals surface area contributed by atoms with E-state index in [0.717, 1.165) is 18.2 Å². The van der Waals surface area contributed by atoms with E-state index in [0.29, 0.717) is 5.69 Å². The van der Waals surface area contributed by atoms with E-state index >= 15 is 0 Å². The minimum Gasteiger partial charge on any atom is -0.386 e. The number of carbonyl (C=O) groups excluding carboxylic acids is 2. The van der Waals surface area contributed by atoms with Crippen LogP contribution in [0.2, 0.25) is 5.02 Å². The first-order valence-corrected chi connectivity index (χ1v) is 10.4. The summed E-state index contributed by atoms with van der Waals surface area (Å²) >= 11 is 5.80. The van der Waals surface area contributed by atoms with Crippen molar-refractivity contribution in [1.29, 1.82) is 0 Å². The van der Waals surface area contributed by atoms with Crippen LogP contribution in [0.25, 0.3) is 5.69 Å². The fraction of sp³-hybridized carbons (Fsp3) is 0.227. The summed E-state index contributed by atoms with van der Waals surface area (Å²) in [5, 5.41) is 18.7. The summed E-state index contributed by atoms with van der Waals surface area (Å²) in [5.74, 6) is -2.34. The van der Waals surface area contributed by atoms with Crippen molar-refractivity contribution in [3.63, 3.8) is 0 Å². The van der Waals surface area contributed by atoms with Crippen LogP contribution < -0.4 is 16.4 Å². The van der Waals surface area contributed by atoms with E-state index in [4.69, 9.17) is 17.3 Å². The number of hydrogen-bond acceptors (Lipinski definition) is 5. The summed E-state index contributed by atoms with van der Waals surface area (Å²) in [6.45, 7) is 0.372. The fourth-order valence-corrected chi connectivity index (χ4v) is 3.36. The van der Waals surface area contributed by atoms with Crippen LogP contribution in [0.4, 0.5) is 23.4 Å². The average molecular weight is 514 g/mol. The Morgan fingerprint density at radius 3 is 2.29 bits per heavy atom. The molecule has 0 saturated carbocycles. The van der Waals surface area contributed by atoms with Crippen molar-refractivity contribution in [3.8, 4) is 5.69 Å². The molecule has 5 N–H and O–H groups in total. The molecule has 3 aromatic rings. The zero-order valence-corrected chi connectivity index (χ0v) is 18.9. The molecule has 13 heteroatoms. The SMILES string of the molecule is CC(O)(CNC(=O)c1cnn(-c2ccc(F)cc2)c1N)CNC(=O)c1c(Cl)cccc1C(F)(F)F. The summed E-state index contributed by atoms with van der Waals surface area (Å²) < 4.78 is 54.0. The number of aromatic nitrogens is 2. The monoisotopic (exact) mass is 513 g/mol. The second-order valence-corrected chi connectivity index (χ2v) is 8.26. The second kappa shape index (κ2) is 9.92. The molecule has 0 saturated heterocycles. The zero-order valence-electron chi connectivity index (χ0n) is 18.2. The molecule has 0 fully saturated rings. The Balaban J connectivity index is 1.64. The van der Waals surface area contributed by atoms with Crippen LogP contribution in [0, 0.1) is 5.82 Å². The smallest absolute Gasteiger partial charge is 0.386 e. The van der Waals surface area contributed by atoms with Crippen molar-refractivity contribution in [2.45, 2.75) is 18.7 Å². The van der Waals surface area contributed by atoms with Gasteiger partial charge in [-0.2, -0.15) is 18.3 Å². The molecule has 1 aromatic heterocycles. The normalized spacial score (nSPS) is 13.2. The van der Waals surface area contributed by atoms with E-state index in [9.17, 15) is 32.3 Å². The Hall–Kier alpha value is -3.64. The van der Waals surface area contributed by atoms with Crippen molar-refractivity contribution in [2.24, 2.45) is 0 Å². The number of rotatable bonds is 7. The van der Waals surface area contributed by atoms with Crippen molar-refractivity contribution < 1.29 is 32.3 Å². The predicted molar refractivity (Wildman–Crippen MR) is 120 cm³/mol. The highest BCUT2D eigenvalue weighted by atomic mass is 35.5. The van der Waals surface area contributed by atoms with Gasteiger partial charge in [0.15, 0.2) is 0 Å². The van der Waals surface area contributed by atoms with Gasteiger partial charge in [-0.15, -0.1) is 0 Å². The lowest BCUT2D eigenvalue weighted by atomic mass is 10.0. The van der Waals surface area contributed by atoms with E-state index in [2.05, 4.69) is 15.7 Å². The van der Waals surface area contributed by atoms with Crippen molar-refractivity contribution in [2.75, 3.05) is 18.8 Å². The molecule has 1 unspecified atom stereocenters. The lowest BCUT2D eigenvalue weighted by Gasteiger charge is -2.24. The number of nitrogen functional groups attached to an aromatic ring is 1. The number of hydrogen-bond donors (Lipinski definition) is 4.